The van der Waals surface area contributed by atoms with Crippen molar-refractivity contribution in [3.63, 3.8) is 0 Å². The molecule has 0 spiro atoms. The Kier molecular flexibility index (Phi) is 6.00. The van der Waals surface area contributed by atoms with Crippen LogP contribution in [0.2, 0.25) is 5.32 Å². The van der Waals surface area contributed by atoms with Crippen molar-refractivity contribution in [1.82, 2.24) is 0 Å². The maximum atomic E-state index is 5.55. The average molecular weight is 461 g/mol. The minimum atomic E-state index is -0.250. The van der Waals surface area contributed by atoms with E-state index in [0.717, 1.165) is 0 Å². The summed E-state index contributed by atoms with van der Waals surface area (Å²) in [7, 11) is 0. The molecule has 0 saturated carbocycles. The van der Waals surface area contributed by atoms with Crippen LogP contribution in [-0.4, -0.2) is 19.6 Å². The number of fused-ring (bicyclic) bond motifs is 3. The Morgan fingerprint density at radius 3 is 1.93 bits per heavy atom. The monoisotopic (exact) mass is 461 g/mol. The van der Waals surface area contributed by atoms with Crippen LogP contribution in [0.3, 0.4) is 0 Å². The van der Waals surface area contributed by atoms with Crippen LogP contribution in [-0.2, 0) is 11.0 Å². The van der Waals surface area contributed by atoms with E-state index >= 15 is 0 Å². The Hall–Kier alpha value is -2.15. The summed E-state index contributed by atoms with van der Waals surface area (Å²) in [6.45, 7) is 9.21. The van der Waals surface area contributed by atoms with Crippen molar-refractivity contribution in [2.75, 3.05) is 0 Å². The van der Waals surface area contributed by atoms with Gasteiger partial charge in [0.2, 0.25) is 0 Å². The van der Waals surface area contributed by atoms with E-state index in [-0.39, 0.29) is 11.0 Å². The van der Waals surface area contributed by atoms with Gasteiger partial charge in [0, 0.05) is 0 Å². The van der Waals surface area contributed by atoms with Crippen LogP contribution >= 0.6 is 0 Å². The molecule has 0 radical (unpaired) electrons. The standard InChI is InChI=1S/C28H31NSe/c1-5-6-20-30-26(29-27(2,3)21-14-8-7-9-15-21)28(4)24-18-12-10-16-22(24)23-17-11-13-19-25(23)28/h7-19H,5-6,20H2,1-4H3. The molecule has 0 bridgehead atoms. The fourth-order valence-electron chi connectivity index (χ4n) is 4.45. The summed E-state index contributed by atoms with van der Waals surface area (Å²) in [5.41, 5.74) is 6.42. The van der Waals surface area contributed by atoms with Gasteiger partial charge in [-0.3, -0.25) is 0 Å². The quantitative estimate of drug-likeness (QED) is 0.200. The fourth-order valence-corrected chi connectivity index (χ4v) is 7.44. The van der Waals surface area contributed by atoms with Crippen LogP contribution in [0.4, 0.5) is 0 Å². The van der Waals surface area contributed by atoms with Crippen LogP contribution < -0.4 is 0 Å². The van der Waals surface area contributed by atoms with E-state index in [1.165, 1.54) is 50.6 Å². The van der Waals surface area contributed by atoms with Gasteiger partial charge in [0.25, 0.3) is 0 Å². The zero-order valence-corrected chi connectivity index (χ0v) is 20.2. The summed E-state index contributed by atoms with van der Waals surface area (Å²) >= 11 is 0.349. The molecular formula is C28H31NSe. The molecular weight excluding hydrogens is 429 g/mol. The SMILES string of the molecule is CCCC[Se]C(=NC(C)(C)c1ccccc1)C1(C)c2ccccc2-c2ccccc21. The zero-order chi connectivity index (χ0) is 21.2. The van der Waals surface area contributed by atoms with Crippen LogP contribution in [0.5, 0.6) is 0 Å². The number of unbranched alkanes of at least 4 members (excludes halogenated alkanes) is 1. The molecule has 0 unspecified atom stereocenters. The first kappa shape index (κ1) is 21.1. The number of hydrogen-bond acceptors (Lipinski definition) is 1. The van der Waals surface area contributed by atoms with Crippen molar-refractivity contribution in [2.45, 2.75) is 56.8 Å². The summed E-state index contributed by atoms with van der Waals surface area (Å²) in [5.74, 6) is 0. The van der Waals surface area contributed by atoms with Gasteiger partial charge in [-0.15, -0.1) is 0 Å². The molecule has 1 aliphatic rings. The van der Waals surface area contributed by atoms with Crippen molar-refractivity contribution < 1.29 is 0 Å². The van der Waals surface area contributed by atoms with Gasteiger partial charge < -0.3 is 0 Å². The summed E-state index contributed by atoms with van der Waals surface area (Å²) < 4.78 is 1.37. The van der Waals surface area contributed by atoms with E-state index in [4.69, 9.17) is 4.99 Å². The third-order valence-corrected chi connectivity index (χ3v) is 8.90. The molecule has 0 N–H and O–H groups in total. The molecule has 0 fully saturated rings. The Bertz CT molecular complexity index is 1000. The molecule has 0 aromatic heterocycles. The van der Waals surface area contributed by atoms with Crippen LogP contribution in [0.15, 0.2) is 83.9 Å². The van der Waals surface area contributed by atoms with Crippen molar-refractivity contribution in [1.29, 1.82) is 0 Å². The summed E-state index contributed by atoms with van der Waals surface area (Å²) in [5, 5.41) is 1.24. The molecule has 0 atom stereocenters. The Morgan fingerprint density at radius 1 is 0.833 bits per heavy atom. The topological polar surface area (TPSA) is 12.4 Å². The molecule has 0 heterocycles. The first-order valence-corrected chi connectivity index (χ1v) is 13.0. The second kappa shape index (κ2) is 8.53. The fraction of sp³-hybridized carbons (Fsp3) is 0.321. The molecule has 30 heavy (non-hydrogen) atoms. The van der Waals surface area contributed by atoms with E-state index in [1.807, 2.05) is 0 Å². The minimum absolute atomic E-state index is 0.160. The number of nitrogens with zero attached hydrogens (tertiary/aromatic N) is 1. The first-order valence-electron chi connectivity index (χ1n) is 11.0. The molecule has 0 saturated heterocycles. The Morgan fingerprint density at radius 2 is 1.37 bits per heavy atom. The predicted molar refractivity (Wildman–Crippen MR) is 131 cm³/mol. The van der Waals surface area contributed by atoms with Crippen LogP contribution in [0.1, 0.15) is 57.2 Å². The third kappa shape index (κ3) is 3.68. The number of aliphatic imine (C=N–C) groups is 1. The van der Waals surface area contributed by atoms with Gasteiger partial charge in [0.05, 0.1) is 0 Å². The second-order valence-corrected chi connectivity index (χ2v) is 11.0. The molecule has 0 aliphatic heterocycles. The Balaban J connectivity index is 1.89. The first-order chi connectivity index (χ1) is 14.5. The zero-order valence-electron chi connectivity index (χ0n) is 18.5. The molecule has 3 aromatic carbocycles. The van der Waals surface area contributed by atoms with E-state index in [2.05, 4.69) is 107 Å². The van der Waals surface area contributed by atoms with Crippen molar-refractivity contribution in [2.24, 2.45) is 4.99 Å². The van der Waals surface area contributed by atoms with Crippen molar-refractivity contribution in [3.8, 4) is 11.1 Å². The number of benzene rings is 3. The van der Waals surface area contributed by atoms with Crippen molar-refractivity contribution in [3.05, 3.63) is 95.6 Å². The maximum absolute atomic E-state index is 5.55. The van der Waals surface area contributed by atoms with Gasteiger partial charge in [0.15, 0.2) is 0 Å². The van der Waals surface area contributed by atoms with Gasteiger partial charge in [-0.1, -0.05) is 0 Å². The van der Waals surface area contributed by atoms with E-state index in [1.54, 1.807) is 0 Å². The van der Waals surface area contributed by atoms with E-state index in [9.17, 15) is 0 Å². The van der Waals surface area contributed by atoms with Gasteiger partial charge in [-0.05, 0) is 0 Å². The summed E-state index contributed by atoms with van der Waals surface area (Å²) in [4.78, 5) is 5.55. The molecule has 0 amide bonds. The van der Waals surface area contributed by atoms with E-state index < -0.39 is 0 Å². The predicted octanol–water partition coefficient (Wildman–Crippen LogP) is 7.23. The van der Waals surface area contributed by atoms with Crippen LogP contribution in [0, 0.1) is 0 Å². The molecule has 1 nitrogen and oxygen atoms in total. The summed E-state index contributed by atoms with van der Waals surface area (Å²) in [6.07, 6.45) is 2.51. The van der Waals surface area contributed by atoms with Gasteiger partial charge in [-0.2, -0.15) is 0 Å². The average Bonchev–Trinajstić information content (AvgIpc) is 3.04. The van der Waals surface area contributed by atoms with Gasteiger partial charge in [-0.25, -0.2) is 0 Å². The van der Waals surface area contributed by atoms with Crippen molar-refractivity contribution >= 4 is 19.6 Å². The number of rotatable bonds is 7. The third-order valence-electron chi connectivity index (χ3n) is 6.25. The Labute approximate surface area is 187 Å². The van der Waals surface area contributed by atoms with Gasteiger partial charge >= 0.3 is 188 Å². The van der Waals surface area contributed by atoms with E-state index in [0.29, 0.717) is 15.0 Å². The molecule has 1 aliphatic carbocycles. The second-order valence-electron chi connectivity index (χ2n) is 8.76. The molecule has 4 rings (SSSR count). The van der Waals surface area contributed by atoms with Crippen LogP contribution in [0.25, 0.3) is 11.1 Å². The number of hydrogen-bond donors (Lipinski definition) is 0. The molecule has 154 valence electrons. The van der Waals surface area contributed by atoms with Gasteiger partial charge in [0.1, 0.15) is 0 Å². The normalized spacial score (nSPS) is 15.0. The summed E-state index contributed by atoms with van der Waals surface area (Å²) in [6, 6.07) is 28.6. The molecule has 2 heteroatoms. The molecule has 3 aromatic rings.